The summed E-state index contributed by atoms with van der Waals surface area (Å²) in [6, 6.07) is 4.83. The second-order valence-electron chi connectivity index (χ2n) is 6.15. The molecule has 3 nitrogen and oxygen atoms in total. The highest BCUT2D eigenvalue weighted by molar-refractivity contribution is 6.31. The molecule has 0 bridgehead atoms. The van der Waals surface area contributed by atoms with Crippen molar-refractivity contribution in [2.75, 3.05) is 32.7 Å². The van der Waals surface area contributed by atoms with Gasteiger partial charge in [0.05, 0.1) is 6.10 Å². The first-order valence-electron chi connectivity index (χ1n) is 8.26. The van der Waals surface area contributed by atoms with Gasteiger partial charge in [0.2, 0.25) is 0 Å². The first-order valence-corrected chi connectivity index (χ1v) is 8.64. The van der Waals surface area contributed by atoms with E-state index in [0.717, 1.165) is 45.4 Å². The Kier molecular flexibility index (Phi) is 7.50. The van der Waals surface area contributed by atoms with Gasteiger partial charge in [-0.25, -0.2) is 4.39 Å². The lowest BCUT2D eigenvalue weighted by atomic mass is 10.2. The number of β-amino-alcohol motifs (C(OH)–C–C–N with tert-alkyl or cyclic N) is 1. The minimum absolute atomic E-state index is 0.238. The molecule has 1 saturated heterocycles. The Morgan fingerprint density at radius 2 is 2.00 bits per heavy atom. The SMILES string of the molecule is C=CCCC(O)CN1CCCN(Cc2c(F)cccc2Cl)CC1. The second-order valence-corrected chi connectivity index (χ2v) is 6.56. The zero-order valence-electron chi connectivity index (χ0n) is 13.6. The van der Waals surface area contributed by atoms with Crippen molar-refractivity contribution in [1.29, 1.82) is 0 Å². The average Bonchev–Trinajstić information content (AvgIpc) is 2.74. The number of nitrogens with zero attached hydrogens (tertiary/aromatic N) is 2. The van der Waals surface area contributed by atoms with Gasteiger partial charge < -0.3 is 5.11 Å². The third kappa shape index (κ3) is 5.88. The number of halogens is 2. The number of aliphatic hydroxyl groups is 1. The molecule has 1 unspecified atom stereocenters. The summed E-state index contributed by atoms with van der Waals surface area (Å²) in [4.78, 5) is 4.52. The minimum atomic E-state index is -0.305. The lowest BCUT2D eigenvalue weighted by Crippen LogP contribution is -2.35. The van der Waals surface area contributed by atoms with Crippen molar-refractivity contribution in [3.8, 4) is 0 Å². The van der Waals surface area contributed by atoms with Crippen LogP contribution in [0.3, 0.4) is 0 Å². The maximum Gasteiger partial charge on any atom is 0.129 e. The predicted octanol–water partition coefficient (Wildman–Crippen LogP) is 3.31. The summed E-state index contributed by atoms with van der Waals surface area (Å²) in [5.41, 5.74) is 0.577. The van der Waals surface area contributed by atoms with E-state index in [1.54, 1.807) is 12.1 Å². The molecule has 0 aromatic heterocycles. The number of hydrogen-bond acceptors (Lipinski definition) is 3. The van der Waals surface area contributed by atoms with E-state index in [1.807, 2.05) is 6.08 Å². The van der Waals surface area contributed by atoms with Crippen molar-refractivity contribution in [1.82, 2.24) is 9.80 Å². The molecule has 2 rings (SSSR count). The summed E-state index contributed by atoms with van der Waals surface area (Å²) >= 11 is 6.12. The third-order valence-corrected chi connectivity index (χ3v) is 4.65. The summed E-state index contributed by atoms with van der Waals surface area (Å²) in [6.07, 6.45) is 4.15. The van der Waals surface area contributed by atoms with Crippen LogP contribution >= 0.6 is 11.6 Å². The maximum atomic E-state index is 13.9. The molecule has 1 N–H and O–H groups in total. The normalized spacial score (nSPS) is 18.6. The van der Waals surface area contributed by atoms with Gasteiger partial charge in [-0.05, 0) is 44.5 Å². The van der Waals surface area contributed by atoms with Gasteiger partial charge in [-0.1, -0.05) is 23.7 Å². The van der Waals surface area contributed by atoms with E-state index in [4.69, 9.17) is 11.6 Å². The highest BCUT2D eigenvalue weighted by Crippen LogP contribution is 2.21. The molecule has 1 aromatic carbocycles. The highest BCUT2D eigenvalue weighted by Gasteiger charge is 2.19. The quantitative estimate of drug-likeness (QED) is 0.771. The van der Waals surface area contributed by atoms with Gasteiger partial charge >= 0.3 is 0 Å². The molecule has 1 heterocycles. The molecule has 0 aliphatic carbocycles. The molecule has 1 aliphatic rings. The van der Waals surface area contributed by atoms with E-state index in [2.05, 4.69) is 16.4 Å². The van der Waals surface area contributed by atoms with Gasteiger partial charge in [0.1, 0.15) is 5.82 Å². The number of aliphatic hydroxyl groups excluding tert-OH is 1. The van der Waals surface area contributed by atoms with Gasteiger partial charge in [-0.2, -0.15) is 0 Å². The van der Waals surface area contributed by atoms with Crippen LogP contribution in [0.15, 0.2) is 30.9 Å². The second kappa shape index (κ2) is 9.38. The number of allylic oxidation sites excluding steroid dienone is 1. The van der Waals surface area contributed by atoms with Crippen molar-refractivity contribution in [3.63, 3.8) is 0 Å². The van der Waals surface area contributed by atoms with Crippen molar-refractivity contribution in [2.24, 2.45) is 0 Å². The van der Waals surface area contributed by atoms with Gasteiger partial charge in [0.25, 0.3) is 0 Å². The Morgan fingerprint density at radius 1 is 1.26 bits per heavy atom. The molecule has 1 aromatic rings. The number of rotatable bonds is 7. The van der Waals surface area contributed by atoms with Crippen LogP contribution in [-0.4, -0.2) is 53.7 Å². The topological polar surface area (TPSA) is 26.7 Å². The fraction of sp³-hybridized carbons (Fsp3) is 0.556. The van der Waals surface area contributed by atoms with Crippen LogP contribution in [0.5, 0.6) is 0 Å². The summed E-state index contributed by atoms with van der Waals surface area (Å²) < 4.78 is 13.9. The van der Waals surface area contributed by atoms with E-state index >= 15 is 0 Å². The van der Waals surface area contributed by atoms with Crippen molar-refractivity contribution in [2.45, 2.75) is 31.9 Å². The molecule has 23 heavy (non-hydrogen) atoms. The van der Waals surface area contributed by atoms with Crippen LogP contribution in [0.4, 0.5) is 4.39 Å². The zero-order chi connectivity index (χ0) is 16.7. The molecule has 0 saturated carbocycles. The molecule has 1 fully saturated rings. The molecule has 1 atom stereocenters. The summed E-state index contributed by atoms with van der Waals surface area (Å²) in [6.45, 7) is 8.55. The molecule has 0 radical (unpaired) electrons. The predicted molar refractivity (Wildman–Crippen MR) is 93.2 cm³/mol. The van der Waals surface area contributed by atoms with Gasteiger partial charge in [-0.15, -0.1) is 6.58 Å². The number of hydrogen-bond donors (Lipinski definition) is 1. The molecule has 0 amide bonds. The van der Waals surface area contributed by atoms with Crippen molar-refractivity contribution < 1.29 is 9.50 Å². The first kappa shape index (κ1) is 18.4. The monoisotopic (exact) mass is 340 g/mol. The van der Waals surface area contributed by atoms with Gasteiger partial charge in [-0.3, -0.25) is 9.80 Å². The fourth-order valence-electron chi connectivity index (χ4n) is 2.97. The summed E-state index contributed by atoms with van der Waals surface area (Å²) in [5.74, 6) is -0.238. The molecular formula is C18H26ClFN2O. The first-order chi connectivity index (χ1) is 11.1. The van der Waals surface area contributed by atoms with Crippen LogP contribution in [-0.2, 0) is 6.54 Å². The Hall–Kier alpha value is -0.940. The fourth-order valence-corrected chi connectivity index (χ4v) is 3.19. The number of benzene rings is 1. The lowest BCUT2D eigenvalue weighted by Gasteiger charge is -2.24. The Bertz CT molecular complexity index is 492. The molecular weight excluding hydrogens is 315 g/mol. The van der Waals surface area contributed by atoms with Crippen molar-refractivity contribution >= 4 is 11.6 Å². The van der Waals surface area contributed by atoms with Crippen LogP contribution in [0.25, 0.3) is 0 Å². The van der Waals surface area contributed by atoms with Gasteiger partial charge in [0.15, 0.2) is 0 Å². The Labute approximate surface area is 143 Å². The molecule has 1 aliphatic heterocycles. The lowest BCUT2D eigenvalue weighted by molar-refractivity contribution is 0.107. The summed E-state index contributed by atoms with van der Waals surface area (Å²) in [7, 11) is 0. The van der Waals surface area contributed by atoms with Crippen molar-refractivity contribution in [3.05, 3.63) is 47.3 Å². The van der Waals surface area contributed by atoms with E-state index < -0.39 is 0 Å². The van der Waals surface area contributed by atoms with Crippen LogP contribution < -0.4 is 0 Å². The smallest absolute Gasteiger partial charge is 0.129 e. The minimum Gasteiger partial charge on any atom is -0.392 e. The third-order valence-electron chi connectivity index (χ3n) is 4.30. The van der Waals surface area contributed by atoms with Crippen LogP contribution in [0.1, 0.15) is 24.8 Å². The van der Waals surface area contributed by atoms with E-state index in [1.165, 1.54) is 6.07 Å². The Morgan fingerprint density at radius 3 is 2.74 bits per heavy atom. The highest BCUT2D eigenvalue weighted by atomic mass is 35.5. The van der Waals surface area contributed by atoms with Gasteiger partial charge in [0, 0.05) is 36.8 Å². The average molecular weight is 341 g/mol. The maximum absolute atomic E-state index is 13.9. The van der Waals surface area contributed by atoms with Crippen LogP contribution in [0.2, 0.25) is 5.02 Å². The van der Waals surface area contributed by atoms with E-state index in [-0.39, 0.29) is 11.9 Å². The summed E-state index contributed by atoms with van der Waals surface area (Å²) in [5, 5.41) is 10.5. The van der Waals surface area contributed by atoms with E-state index in [0.29, 0.717) is 23.7 Å². The zero-order valence-corrected chi connectivity index (χ0v) is 14.3. The molecule has 128 valence electrons. The largest absolute Gasteiger partial charge is 0.392 e. The standard InChI is InChI=1S/C18H26ClFN2O/c1-2-3-6-15(23)13-21-9-5-10-22(12-11-21)14-16-17(19)7-4-8-18(16)20/h2,4,7-8,15,23H,1,3,5-6,9-14H2. The molecule has 5 heteroatoms. The molecule has 0 spiro atoms. The van der Waals surface area contributed by atoms with E-state index in [9.17, 15) is 9.50 Å². The van der Waals surface area contributed by atoms with Crippen LogP contribution in [0, 0.1) is 5.82 Å². The Balaban J connectivity index is 1.85.